The minimum absolute atomic E-state index is 0.0567. The van der Waals surface area contributed by atoms with Crippen molar-refractivity contribution in [2.75, 3.05) is 13.7 Å². The highest BCUT2D eigenvalue weighted by Crippen LogP contribution is 2.39. The molecule has 1 aliphatic heterocycles. The van der Waals surface area contributed by atoms with E-state index in [9.17, 15) is 4.79 Å². The van der Waals surface area contributed by atoms with Gasteiger partial charge in [0.25, 0.3) is 0 Å². The largest absolute Gasteiger partial charge is 0.469 e. The van der Waals surface area contributed by atoms with E-state index in [1.54, 1.807) is 12.4 Å². The Hall–Kier alpha value is -3.26. The summed E-state index contributed by atoms with van der Waals surface area (Å²) in [6.07, 6.45) is 6.67. The molecule has 0 bridgehead atoms. The lowest BCUT2D eigenvalue weighted by Crippen LogP contribution is -2.32. The minimum atomic E-state index is -0.213. The first-order chi connectivity index (χ1) is 15.2. The average Bonchev–Trinajstić information content (AvgIpc) is 3.38. The van der Waals surface area contributed by atoms with Crippen LogP contribution >= 0.6 is 12.2 Å². The van der Waals surface area contributed by atoms with Crippen molar-refractivity contribution >= 4 is 23.3 Å². The maximum absolute atomic E-state index is 11.6. The van der Waals surface area contributed by atoms with Crippen molar-refractivity contribution in [1.82, 2.24) is 24.8 Å². The van der Waals surface area contributed by atoms with E-state index in [0.717, 1.165) is 17.1 Å². The van der Waals surface area contributed by atoms with Crippen LogP contribution in [0.3, 0.4) is 0 Å². The summed E-state index contributed by atoms with van der Waals surface area (Å²) in [5.74, 6) is -0.213. The normalized spacial score (nSPS) is 18.1. The van der Waals surface area contributed by atoms with Crippen LogP contribution in [0.25, 0.3) is 0 Å². The molecule has 0 amide bonds. The van der Waals surface area contributed by atoms with Crippen LogP contribution in [0.5, 0.6) is 0 Å². The maximum atomic E-state index is 11.6. The predicted molar refractivity (Wildman–Crippen MR) is 121 cm³/mol. The molecule has 1 saturated heterocycles. The quantitative estimate of drug-likeness (QED) is 0.430. The number of hydrogen-bond acceptors (Lipinski definition) is 5. The Bertz CT molecular complexity index is 1020. The molecule has 2 atom stereocenters. The van der Waals surface area contributed by atoms with Gasteiger partial charge in [-0.05, 0) is 55.0 Å². The number of aromatic nitrogens is 3. The molecule has 8 heteroatoms. The van der Waals surface area contributed by atoms with Crippen molar-refractivity contribution in [2.24, 2.45) is 0 Å². The first-order valence-electron chi connectivity index (χ1n) is 10.3. The van der Waals surface area contributed by atoms with Crippen molar-refractivity contribution in [3.63, 3.8) is 0 Å². The smallest absolute Gasteiger partial charge is 0.305 e. The van der Waals surface area contributed by atoms with E-state index in [2.05, 4.69) is 37.0 Å². The van der Waals surface area contributed by atoms with Gasteiger partial charge in [-0.3, -0.25) is 14.8 Å². The topological polar surface area (TPSA) is 72.3 Å². The van der Waals surface area contributed by atoms with Crippen molar-refractivity contribution in [3.05, 3.63) is 84.2 Å². The van der Waals surface area contributed by atoms with Crippen LogP contribution in [0, 0.1) is 0 Å². The molecular weight excluding hydrogens is 410 g/mol. The molecule has 3 aromatic rings. The number of ether oxygens (including phenoxy) is 1. The Kier molecular flexibility index (Phi) is 6.57. The van der Waals surface area contributed by atoms with E-state index in [-0.39, 0.29) is 18.1 Å². The summed E-state index contributed by atoms with van der Waals surface area (Å²) in [6.45, 7) is 1.31. The molecule has 0 aromatic carbocycles. The summed E-state index contributed by atoms with van der Waals surface area (Å²) in [6, 6.07) is 15.8. The Labute approximate surface area is 187 Å². The third-order valence-corrected chi connectivity index (χ3v) is 5.78. The molecule has 0 radical (unpaired) electrons. The second kappa shape index (κ2) is 9.70. The Morgan fingerprint density at radius 2 is 1.94 bits per heavy atom. The fourth-order valence-corrected chi connectivity index (χ4v) is 4.30. The summed E-state index contributed by atoms with van der Waals surface area (Å²) in [5, 5.41) is 4.11. The molecular formula is C23H25N5O2S. The van der Waals surface area contributed by atoms with Gasteiger partial charge in [-0.15, -0.1) is 0 Å². The van der Waals surface area contributed by atoms with Gasteiger partial charge in [0.2, 0.25) is 0 Å². The lowest BCUT2D eigenvalue weighted by Gasteiger charge is -2.28. The van der Waals surface area contributed by atoms with Crippen LogP contribution in [0.2, 0.25) is 0 Å². The van der Waals surface area contributed by atoms with Crippen LogP contribution in [-0.4, -0.2) is 44.2 Å². The summed E-state index contributed by atoms with van der Waals surface area (Å²) in [4.78, 5) is 22.8. The lowest BCUT2D eigenvalue weighted by atomic mass is 10.0. The molecule has 4 rings (SSSR count). The number of nitrogens with one attached hydrogen (secondary N) is 1. The third kappa shape index (κ3) is 4.74. The number of rotatable bonds is 8. The number of hydrogen-bond donors (Lipinski definition) is 1. The predicted octanol–water partition coefficient (Wildman–Crippen LogP) is 3.25. The summed E-state index contributed by atoms with van der Waals surface area (Å²) >= 11 is 5.70. The van der Waals surface area contributed by atoms with Gasteiger partial charge < -0.3 is 19.5 Å². The Morgan fingerprint density at radius 3 is 2.65 bits per heavy atom. The van der Waals surface area contributed by atoms with Gasteiger partial charge in [0.15, 0.2) is 5.11 Å². The van der Waals surface area contributed by atoms with E-state index in [1.807, 2.05) is 42.5 Å². The van der Waals surface area contributed by atoms with E-state index < -0.39 is 0 Å². The molecule has 1 fully saturated rings. The van der Waals surface area contributed by atoms with Crippen molar-refractivity contribution in [3.8, 4) is 0 Å². The summed E-state index contributed by atoms with van der Waals surface area (Å²) < 4.78 is 6.99. The van der Waals surface area contributed by atoms with Gasteiger partial charge >= 0.3 is 5.97 Å². The molecule has 0 unspecified atom stereocenters. The molecule has 4 heterocycles. The molecule has 0 spiro atoms. The van der Waals surface area contributed by atoms with Crippen LogP contribution in [0.4, 0.5) is 0 Å². The van der Waals surface area contributed by atoms with Crippen molar-refractivity contribution in [2.45, 2.75) is 31.5 Å². The second-order valence-electron chi connectivity index (χ2n) is 7.38. The Morgan fingerprint density at radius 1 is 1.13 bits per heavy atom. The van der Waals surface area contributed by atoms with Gasteiger partial charge in [0.1, 0.15) is 0 Å². The molecule has 7 nitrogen and oxygen atoms in total. The third-order valence-electron chi connectivity index (χ3n) is 5.43. The number of pyridine rings is 2. The zero-order valence-electron chi connectivity index (χ0n) is 17.3. The highest BCUT2D eigenvalue weighted by Gasteiger charge is 2.40. The number of nitrogens with zero attached hydrogens (tertiary/aromatic N) is 4. The Balaban J connectivity index is 1.65. The fourth-order valence-electron chi connectivity index (χ4n) is 3.97. The molecule has 3 aromatic heterocycles. The molecule has 0 saturated carbocycles. The highest BCUT2D eigenvalue weighted by molar-refractivity contribution is 7.80. The van der Waals surface area contributed by atoms with Gasteiger partial charge in [0.05, 0.1) is 37.1 Å². The number of carbonyl (C=O) groups excluding carboxylic acids is 1. The summed E-state index contributed by atoms with van der Waals surface area (Å²) in [7, 11) is 1.41. The first kappa shape index (κ1) is 21.0. The first-order valence-corrected chi connectivity index (χ1v) is 10.7. The van der Waals surface area contributed by atoms with Crippen LogP contribution in [0.1, 0.15) is 42.0 Å². The molecule has 0 aliphatic carbocycles. The zero-order valence-corrected chi connectivity index (χ0v) is 18.2. The van der Waals surface area contributed by atoms with E-state index in [4.69, 9.17) is 17.0 Å². The zero-order chi connectivity index (χ0) is 21.6. The number of methoxy groups -OCH3 is 1. The lowest BCUT2D eigenvalue weighted by molar-refractivity contribution is -0.140. The fraction of sp³-hybridized carbons (Fsp3) is 0.304. The number of thiocarbonyl (C=S) groups is 1. The second-order valence-corrected chi connectivity index (χ2v) is 7.77. The molecule has 160 valence electrons. The van der Waals surface area contributed by atoms with Gasteiger partial charge in [-0.1, -0.05) is 12.1 Å². The highest BCUT2D eigenvalue weighted by atomic mass is 32.1. The molecule has 31 heavy (non-hydrogen) atoms. The van der Waals surface area contributed by atoms with E-state index in [0.29, 0.717) is 31.0 Å². The average molecular weight is 436 g/mol. The number of esters is 1. The van der Waals surface area contributed by atoms with Gasteiger partial charge in [-0.25, -0.2) is 0 Å². The van der Waals surface area contributed by atoms with Gasteiger partial charge in [-0.2, -0.15) is 0 Å². The van der Waals surface area contributed by atoms with Crippen LogP contribution < -0.4 is 5.32 Å². The monoisotopic (exact) mass is 435 g/mol. The maximum Gasteiger partial charge on any atom is 0.305 e. The van der Waals surface area contributed by atoms with Gasteiger partial charge in [0, 0.05) is 37.3 Å². The minimum Gasteiger partial charge on any atom is -0.469 e. The van der Waals surface area contributed by atoms with E-state index in [1.165, 1.54) is 7.11 Å². The molecule has 1 N–H and O–H groups in total. The van der Waals surface area contributed by atoms with E-state index >= 15 is 0 Å². The van der Waals surface area contributed by atoms with Crippen molar-refractivity contribution in [1.29, 1.82) is 0 Å². The van der Waals surface area contributed by atoms with Crippen LogP contribution in [0.15, 0.2) is 67.1 Å². The van der Waals surface area contributed by atoms with Crippen molar-refractivity contribution < 1.29 is 9.53 Å². The number of carbonyl (C=O) groups is 1. The summed E-state index contributed by atoms with van der Waals surface area (Å²) in [5.41, 5.74) is 3.03. The molecule has 1 aliphatic rings. The standard InChI is InChI=1S/C23H25N5O2S/c1-30-20(29)11-7-15-28-22(21(26-23(28)31)18-9-3-5-13-25-18)19-10-6-14-27(19)16-17-8-2-4-12-24-17/h2-6,8-10,12-14,21-22H,7,11,15-16H2,1H3,(H,26,31)/t21-,22+/m1/s1. The van der Waals surface area contributed by atoms with Crippen LogP contribution in [-0.2, 0) is 16.1 Å². The SMILES string of the molecule is COC(=O)CCCN1C(=S)N[C@H](c2ccccn2)[C@@H]1c1cccn1Cc1ccccn1.